The summed E-state index contributed by atoms with van der Waals surface area (Å²) in [6, 6.07) is 2.36. The van der Waals surface area contributed by atoms with Crippen molar-refractivity contribution in [2.45, 2.75) is 19.1 Å². The zero-order chi connectivity index (χ0) is 13.9. The Balaban J connectivity index is 2.48. The maximum atomic E-state index is 13.0. The summed E-state index contributed by atoms with van der Waals surface area (Å²) in [7, 11) is 0. The van der Waals surface area contributed by atoms with Crippen molar-refractivity contribution in [2.24, 2.45) is 0 Å². The van der Waals surface area contributed by atoms with Gasteiger partial charge in [-0.2, -0.15) is 24.5 Å². The Hall–Kier alpha value is -1.40. The van der Waals surface area contributed by atoms with Crippen LogP contribution in [0.15, 0.2) is 35.3 Å². The first-order valence-corrected chi connectivity index (χ1v) is 6.75. The van der Waals surface area contributed by atoms with Crippen molar-refractivity contribution in [3.8, 4) is 0 Å². The van der Waals surface area contributed by atoms with Crippen molar-refractivity contribution in [1.29, 1.82) is 0 Å². The lowest BCUT2D eigenvalue weighted by Gasteiger charge is -2.21. The fourth-order valence-electron chi connectivity index (χ4n) is 1.95. The number of nitrogens with one attached hydrogen (secondary N) is 1. The van der Waals surface area contributed by atoms with Crippen LogP contribution in [0.1, 0.15) is 29.7 Å². The first-order chi connectivity index (χ1) is 9.04. The van der Waals surface area contributed by atoms with E-state index in [4.69, 9.17) is 0 Å². The van der Waals surface area contributed by atoms with Gasteiger partial charge in [0.15, 0.2) is 0 Å². The van der Waals surface area contributed by atoms with Gasteiger partial charge in [-0.15, -0.1) is 0 Å². The molecule has 6 heteroatoms. The topological polar surface area (TPSA) is 24.9 Å². The smallest absolute Gasteiger partial charge is 0.306 e. The van der Waals surface area contributed by atoms with E-state index in [1.807, 2.05) is 23.8 Å². The van der Waals surface area contributed by atoms with Crippen LogP contribution in [0, 0.1) is 0 Å². The van der Waals surface area contributed by atoms with E-state index in [1.54, 1.807) is 0 Å². The molecule has 0 amide bonds. The number of thiophene rings is 1. The van der Waals surface area contributed by atoms with Crippen molar-refractivity contribution in [2.75, 3.05) is 6.54 Å². The summed E-state index contributed by atoms with van der Waals surface area (Å²) >= 11 is 1.46. The molecule has 0 aliphatic carbocycles. The molecule has 19 heavy (non-hydrogen) atoms. The molecule has 102 valence electrons. The lowest BCUT2D eigenvalue weighted by molar-refractivity contribution is -0.138. The fraction of sp³-hybridized carbons (Fsp3) is 0.308. The molecule has 1 N–H and O–H groups in total. The zero-order valence-electron chi connectivity index (χ0n) is 10.2. The molecule has 0 saturated carbocycles. The Morgan fingerprint density at radius 1 is 1.37 bits per heavy atom. The van der Waals surface area contributed by atoms with E-state index >= 15 is 0 Å². The molecule has 0 bridgehead atoms. The van der Waals surface area contributed by atoms with Gasteiger partial charge in [0.05, 0.1) is 11.6 Å². The predicted octanol–water partition coefficient (Wildman–Crippen LogP) is 3.86. The van der Waals surface area contributed by atoms with Gasteiger partial charge in [-0.3, -0.25) is 4.98 Å². The maximum Gasteiger partial charge on any atom is 0.416 e. The molecule has 0 aromatic carbocycles. The Bertz CT molecular complexity index is 523. The quantitative estimate of drug-likeness (QED) is 0.923. The molecule has 1 unspecified atom stereocenters. The summed E-state index contributed by atoms with van der Waals surface area (Å²) in [6.45, 7) is 2.44. The molecular weight excluding hydrogens is 273 g/mol. The van der Waals surface area contributed by atoms with Gasteiger partial charge >= 0.3 is 6.18 Å². The lowest BCUT2D eigenvalue weighted by atomic mass is 9.98. The third-order valence-corrected chi connectivity index (χ3v) is 3.45. The molecule has 0 aliphatic rings. The standard InChI is InChI=1S/C13H13F3N2S/c1-2-18-12(9-4-6-19-8-9)10-7-17-5-3-11(10)13(14,15)16/h3-8,12,18H,2H2,1H3. The molecule has 0 fully saturated rings. The SMILES string of the molecule is CCNC(c1ccsc1)c1cnccc1C(F)(F)F. The number of pyridine rings is 1. The van der Waals surface area contributed by atoms with Gasteiger partial charge in [0, 0.05) is 18.0 Å². The van der Waals surface area contributed by atoms with Crippen LogP contribution in [-0.2, 0) is 6.18 Å². The molecule has 2 rings (SSSR count). The highest BCUT2D eigenvalue weighted by molar-refractivity contribution is 7.08. The molecule has 2 nitrogen and oxygen atoms in total. The minimum absolute atomic E-state index is 0.162. The van der Waals surface area contributed by atoms with Crippen LogP contribution in [0.4, 0.5) is 13.2 Å². The van der Waals surface area contributed by atoms with Crippen LogP contribution >= 0.6 is 11.3 Å². The number of halogens is 3. The maximum absolute atomic E-state index is 13.0. The van der Waals surface area contributed by atoms with E-state index in [9.17, 15) is 13.2 Å². The Kier molecular flexibility index (Phi) is 4.21. The minimum atomic E-state index is -4.37. The second-order valence-electron chi connectivity index (χ2n) is 4.01. The van der Waals surface area contributed by atoms with Crippen LogP contribution < -0.4 is 5.32 Å². The van der Waals surface area contributed by atoms with Crippen molar-refractivity contribution in [1.82, 2.24) is 10.3 Å². The van der Waals surface area contributed by atoms with Crippen molar-refractivity contribution >= 4 is 11.3 Å². The molecule has 0 spiro atoms. The van der Waals surface area contributed by atoms with E-state index in [0.29, 0.717) is 6.54 Å². The Labute approximate surface area is 113 Å². The second kappa shape index (κ2) is 5.71. The van der Waals surface area contributed by atoms with Crippen LogP contribution in [-0.4, -0.2) is 11.5 Å². The molecule has 1 atom stereocenters. The molecule has 0 aliphatic heterocycles. The highest BCUT2D eigenvalue weighted by Gasteiger charge is 2.35. The van der Waals surface area contributed by atoms with Gasteiger partial charge < -0.3 is 5.32 Å². The Morgan fingerprint density at radius 3 is 2.74 bits per heavy atom. The highest BCUT2D eigenvalue weighted by Crippen LogP contribution is 2.36. The number of hydrogen-bond acceptors (Lipinski definition) is 3. The molecule has 0 saturated heterocycles. The molecular formula is C13H13F3N2S. The zero-order valence-corrected chi connectivity index (χ0v) is 11.1. The van der Waals surface area contributed by atoms with Crippen LogP contribution in [0.25, 0.3) is 0 Å². The molecule has 2 aromatic heterocycles. The van der Waals surface area contributed by atoms with Crippen LogP contribution in [0.2, 0.25) is 0 Å². The minimum Gasteiger partial charge on any atom is -0.306 e. The average Bonchev–Trinajstić information content (AvgIpc) is 2.88. The van der Waals surface area contributed by atoms with Crippen molar-refractivity contribution in [3.05, 3.63) is 52.0 Å². The summed E-state index contributed by atoms with van der Waals surface area (Å²) in [5.41, 5.74) is 0.347. The first-order valence-electron chi connectivity index (χ1n) is 5.80. The average molecular weight is 286 g/mol. The molecule has 2 aromatic rings. The van der Waals surface area contributed by atoms with E-state index in [2.05, 4.69) is 10.3 Å². The summed E-state index contributed by atoms with van der Waals surface area (Å²) < 4.78 is 39.1. The van der Waals surface area contributed by atoms with Crippen LogP contribution in [0.5, 0.6) is 0 Å². The van der Waals surface area contributed by atoms with Crippen LogP contribution in [0.3, 0.4) is 0 Å². The third kappa shape index (κ3) is 3.13. The number of hydrogen-bond donors (Lipinski definition) is 1. The van der Waals surface area contributed by atoms with E-state index in [-0.39, 0.29) is 5.56 Å². The largest absolute Gasteiger partial charge is 0.416 e. The van der Waals surface area contributed by atoms with E-state index < -0.39 is 17.8 Å². The summed E-state index contributed by atoms with van der Waals surface area (Å²) in [6.07, 6.45) is -1.92. The summed E-state index contributed by atoms with van der Waals surface area (Å²) in [4.78, 5) is 3.84. The summed E-state index contributed by atoms with van der Waals surface area (Å²) in [5, 5.41) is 6.78. The van der Waals surface area contributed by atoms with Gasteiger partial charge in [-0.25, -0.2) is 0 Å². The van der Waals surface area contributed by atoms with Gasteiger partial charge in [0.1, 0.15) is 0 Å². The van der Waals surface area contributed by atoms with Gasteiger partial charge in [-0.05, 0) is 35.0 Å². The summed E-state index contributed by atoms with van der Waals surface area (Å²) in [5.74, 6) is 0. The predicted molar refractivity (Wildman–Crippen MR) is 69.1 cm³/mol. The third-order valence-electron chi connectivity index (χ3n) is 2.75. The molecule has 0 radical (unpaired) electrons. The second-order valence-corrected chi connectivity index (χ2v) is 4.79. The number of rotatable bonds is 4. The molecule has 2 heterocycles. The van der Waals surface area contributed by atoms with E-state index in [0.717, 1.165) is 11.6 Å². The van der Waals surface area contributed by atoms with Crippen molar-refractivity contribution < 1.29 is 13.2 Å². The van der Waals surface area contributed by atoms with E-state index in [1.165, 1.54) is 23.7 Å². The van der Waals surface area contributed by atoms with Crippen molar-refractivity contribution in [3.63, 3.8) is 0 Å². The van der Waals surface area contributed by atoms with Gasteiger partial charge in [0.25, 0.3) is 0 Å². The Morgan fingerprint density at radius 2 is 2.16 bits per heavy atom. The number of nitrogens with zero attached hydrogens (tertiary/aromatic N) is 1. The lowest BCUT2D eigenvalue weighted by Crippen LogP contribution is -2.24. The highest BCUT2D eigenvalue weighted by atomic mass is 32.1. The van der Waals surface area contributed by atoms with Gasteiger partial charge in [-0.1, -0.05) is 6.92 Å². The number of aromatic nitrogens is 1. The normalized spacial score (nSPS) is 13.5. The first kappa shape index (κ1) is 14.0. The monoisotopic (exact) mass is 286 g/mol. The number of alkyl halides is 3. The fourth-order valence-corrected chi connectivity index (χ4v) is 2.63. The van der Waals surface area contributed by atoms with Gasteiger partial charge in [0.2, 0.25) is 0 Å².